The van der Waals surface area contributed by atoms with Crippen LogP contribution in [0.3, 0.4) is 0 Å². The molecular formula is C52H35N3O. The lowest BCUT2D eigenvalue weighted by molar-refractivity contribution is 0.419. The molecule has 0 bridgehead atoms. The maximum atomic E-state index is 9.69. The average molecular weight is 718 g/mol. The van der Waals surface area contributed by atoms with Gasteiger partial charge in [0.15, 0.2) is 5.82 Å². The number of hydrogen-bond acceptors (Lipinski definition) is 4. The van der Waals surface area contributed by atoms with Crippen LogP contribution in [0.4, 0.5) is 0 Å². The standard InChI is InChI=1S/C52H35N3O/c1-52(2)45-30-33(32-53)24-29-47(45)56-48-23-11-21-42(49(48)52)38-15-9-14-37(31-38)41-17-5-6-18-43(41)50-44-19-7-8-22-46(44)54-51(55-50)36-27-25-35(26-28-36)40-20-10-13-34-12-3-4-16-39(34)40/h3-31H,1-2H3. The zero-order valence-corrected chi connectivity index (χ0v) is 31.0. The van der Waals surface area contributed by atoms with Gasteiger partial charge in [0.25, 0.3) is 0 Å². The molecule has 0 amide bonds. The van der Waals surface area contributed by atoms with Crippen LogP contribution in [-0.2, 0) is 5.41 Å². The van der Waals surface area contributed by atoms with E-state index in [9.17, 15) is 5.26 Å². The van der Waals surface area contributed by atoms with Crippen molar-refractivity contribution in [2.75, 3.05) is 0 Å². The molecule has 0 aliphatic carbocycles. The van der Waals surface area contributed by atoms with Crippen molar-refractivity contribution >= 4 is 21.7 Å². The van der Waals surface area contributed by atoms with E-state index in [0.29, 0.717) is 11.4 Å². The quantitative estimate of drug-likeness (QED) is 0.178. The van der Waals surface area contributed by atoms with Crippen molar-refractivity contribution < 1.29 is 4.74 Å². The molecule has 0 unspecified atom stereocenters. The van der Waals surface area contributed by atoms with Gasteiger partial charge in [-0.05, 0) is 80.6 Å². The number of benzene rings is 8. The van der Waals surface area contributed by atoms with Gasteiger partial charge in [-0.1, -0.05) is 153 Å². The molecule has 0 spiro atoms. The molecule has 0 saturated carbocycles. The van der Waals surface area contributed by atoms with Gasteiger partial charge in [0, 0.05) is 33.1 Å². The van der Waals surface area contributed by atoms with Crippen molar-refractivity contribution in [3.63, 3.8) is 0 Å². The molecule has 0 atom stereocenters. The predicted octanol–water partition coefficient (Wildman–Crippen LogP) is 13.4. The highest BCUT2D eigenvalue weighted by Crippen LogP contribution is 2.52. The number of aromatic nitrogens is 2. The minimum absolute atomic E-state index is 0.399. The highest BCUT2D eigenvalue weighted by molar-refractivity contribution is 5.99. The highest BCUT2D eigenvalue weighted by Gasteiger charge is 2.36. The van der Waals surface area contributed by atoms with Crippen molar-refractivity contribution in [2.45, 2.75) is 19.3 Å². The molecule has 1 aliphatic rings. The number of ether oxygens (including phenoxy) is 1. The highest BCUT2D eigenvalue weighted by atomic mass is 16.5. The van der Waals surface area contributed by atoms with E-state index in [4.69, 9.17) is 14.7 Å². The van der Waals surface area contributed by atoms with E-state index in [1.165, 1.54) is 16.3 Å². The monoisotopic (exact) mass is 717 g/mol. The molecule has 2 heterocycles. The summed E-state index contributed by atoms with van der Waals surface area (Å²) >= 11 is 0. The molecule has 10 rings (SSSR count). The smallest absolute Gasteiger partial charge is 0.160 e. The zero-order valence-electron chi connectivity index (χ0n) is 31.0. The second-order valence-electron chi connectivity index (χ2n) is 14.9. The molecule has 1 aliphatic heterocycles. The van der Waals surface area contributed by atoms with Crippen LogP contribution in [-0.4, -0.2) is 9.97 Å². The molecule has 0 saturated heterocycles. The second-order valence-corrected chi connectivity index (χ2v) is 14.9. The molecule has 1 aromatic heterocycles. The first-order valence-electron chi connectivity index (χ1n) is 18.9. The van der Waals surface area contributed by atoms with Gasteiger partial charge in [0.05, 0.1) is 22.8 Å². The van der Waals surface area contributed by atoms with Gasteiger partial charge in [0.1, 0.15) is 11.5 Å². The fourth-order valence-corrected chi connectivity index (χ4v) is 8.41. The maximum absolute atomic E-state index is 9.69. The summed E-state index contributed by atoms with van der Waals surface area (Å²) in [4.78, 5) is 10.4. The van der Waals surface area contributed by atoms with Crippen LogP contribution in [0, 0.1) is 11.3 Å². The lowest BCUT2D eigenvalue weighted by Gasteiger charge is -2.36. The first kappa shape index (κ1) is 33.2. The molecule has 0 radical (unpaired) electrons. The summed E-state index contributed by atoms with van der Waals surface area (Å²) in [5, 5.41) is 13.1. The molecule has 56 heavy (non-hydrogen) atoms. The number of fused-ring (bicyclic) bond motifs is 4. The van der Waals surface area contributed by atoms with Gasteiger partial charge < -0.3 is 4.74 Å². The van der Waals surface area contributed by atoms with E-state index in [1.54, 1.807) is 0 Å². The summed E-state index contributed by atoms with van der Waals surface area (Å²) in [7, 11) is 0. The van der Waals surface area contributed by atoms with Crippen molar-refractivity contribution in [1.29, 1.82) is 5.26 Å². The number of nitriles is 1. The molecule has 4 nitrogen and oxygen atoms in total. The molecule has 0 N–H and O–H groups in total. The SMILES string of the molecule is CC1(C)c2cc(C#N)ccc2Oc2cccc(-c3cccc(-c4ccccc4-c4nc(-c5ccc(-c6cccc7ccccc67)cc5)nc5ccccc45)c3)c21. The minimum atomic E-state index is -0.399. The van der Waals surface area contributed by atoms with Crippen LogP contribution in [0.1, 0.15) is 30.5 Å². The van der Waals surface area contributed by atoms with E-state index < -0.39 is 5.41 Å². The molecule has 0 fully saturated rings. The Balaban J connectivity index is 1.07. The number of rotatable bonds is 5. The van der Waals surface area contributed by atoms with Crippen LogP contribution in [0.5, 0.6) is 11.5 Å². The summed E-state index contributed by atoms with van der Waals surface area (Å²) in [6.45, 7) is 4.43. The molecule has 8 aromatic carbocycles. The third-order valence-electron chi connectivity index (χ3n) is 11.2. The summed E-state index contributed by atoms with van der Waals surface area (Å²) in [6, 6.07) is 63.3. The maximum Gasteiger partial charge on any atom is 0.160 e. The summed E-state index contributed by atoms with van der Waals surface area (Å²) < 4.78 is 6.48. The number of para-hydroxylation sites is 1. The largest absolute Gasteiger partial charge is 0.457 e. The summed E-state index contributed by atoms with van der Waals surface area (Å²) in [5.74, 6) is 2.31. The molecule has 4 heteroatoms. The molecule has 264 valence electrons. The molecule has 9 aromatic rings. The van der Waals surface area contributed by atoms with Gasteiger partial charge in [-0.15, -0.1) is 0 Å². The van der Waals surface area contributed by atoms with Gasteiger partial charge in [-0.3, -0.25) is 0 Å². The van der Waals surface area contributed by atoms with Crippen molar-refractivity contribution in [1.82, 2.24) is 9.97 Å². The Morgan fingerprint density at radius 3 is 1.98 bits per heavy atom. The summed E-state index contributed by atoms with van der Waals surface area (Å²) in [6.07, 6.45) is 0. The Bertz CT molecular complexity index is 3040. The van der Waals surface area contributed by atoms with Crippen molar-refractivity contribution in [2.24, 2.45) is 0 Å². The van der Waals surface area contributed by atoms with Gasteiger partial charge in [0.2, 0.25) is 0 Å². The molecular weight excluding hydrogens is 683 g/mol. The van der Waals surface area contributed by atoms with Gasteiger partial charge in [-0.2, -0.15) is 5.26 Å². The van der Waals surface area contributed by atoms with Crippen molar-refractivity contribution in [3.8, 4) is 73.6 Å². The van der Waals surface area contributed by atoms with Crippen LogP contribution in [0.15, 0.2) is 176 Å². The van der Waals surface area contributed by atoms with Crippen LogP contribution in [0.25, 0.3) is 77.7 Å². The van der Waals surface area contributed by atoms with E-state index >= 15 is 0 Å². The van der Waals surface area contributed by atoms with Gasteiger partial charge in [-0.25, -0.2) is 9.97 Å². The Labute approximate surface area is 326 Å². The first-order chi connectivity index (χ1) is 27.5. The predicted molar refractivity (Wildman–Crippen MR) is 228 cm³/mol. The Hall–Kier alpha value is -7.35. The normalized spacial score (nSPS) is 12.7. The third-order valence-corrected chi connectivity index (χ3v) is 11.2. The number of nitrogens with zero attached hydrogens (tertiary/aromatic N) is 3. The fourth-order valence-electron chi connectivity index (χ4n) is 8.41. The Morgan fingerprint density at radius 1 is 0.500 bits per heavy atom. The average Bonchev–Trinajstić information content (AvgIpc) is 3.25. The lowest BCUT2D eigenvalue weighted by Crippen LogP contribution is -2.25. The van der Waals surface area contributed by atoms with Crippen molar-refractivity contribution in [3.05, 3.63) is 193 Å². The Morgan fingerprint density at radius 2 is 1.14 bits per heavy atom. The van der Waals surface area contributed by atoms with E-state index in [0.717, 1.165) is 78.2 Å². The zero-order chi connectivity index (χ0) is 37.8. The van der Waals surface area contributed by atoms with E-state index in [2.05, 4.69) is 166 Å². The number of hydrogen-bond donors (Lipinski definition) is 0. The first-order valence-corrected chi connectivity index (χ1v) is 18.9. The van der Waals surface area contributed by atoms with E-state index in [1.807, 2.05) is 30.3 Å². The topological polar surface area (TPSA) is 58.8 Å². The van der Waals surface area contributed by atoms with Crippen LogP contribution < -0.4 is 4.74 Å². The van der Waals surface area contributed by atoms with Crippen LogP contribution >= 0.6 is 0 Å². The third kappa shape index (κ3) is 5.52. The second kappa shape index (κ2) is 13.2. The van der Waals surface area contributed by atoms with E-state index in [-0.39, 0.29) is 0 Å². The fraction of sp³-hybridized carbons (Fsp3) is 0.0577. The minimum Gasteiger partial charge on any atom is -0.457 e. The van der Waals surface area contributed by atoms with Gasteiger partial charge >= 0.3 is 0 Å². The van der Waals surface area contributed by atoms with Crippen LogP contribution in [0.2, 0.25) is 0 Å². The lowest BCUT2D eigenvalue weighted by atomic mass is 9.72. The Kier molecular flexibility index (Phi) is 7.83. The summed E-state index contributed by atoms with van der Waals surface area (Å²) in [5.41, 5.74) is 12.8.